The fraction of sp³-hybridized carbons (Fsp3) is 0. The van der Waals surface area contributed by atoms with Crippen molar-refractivity contribution < 1.29 is 4.79 Å². The van der Waals surface area contributed by atoms with Crippen LogP contribution in [0.1, 0.15) is 0 Å². The maximum absolute atomic E-state index is 9.56. The van der Waals surface area contributed by atoms with E-state index in [1.54, 1.807) is 0 Å². The number of rotatable bonds is 0. The van der Waals surface area contributed by atoms with Crippen LogP contribution in [0, 0.1) is 0 Å². The Labute approximate surface area is 93.7 Å². The van der Waals surface area contributed by atoms with Gasteiger partial charge in [-0.05, 0) is 10.8 Å². The predicted molar refractivity (Wildman–Crippen MR) is 38.1 cm³/mol. The molecule has 0 spiro atoms. The third-order valence-electron chi connectivity index (χ3n) is 0.0781. The monoisotopic (exact) mass is 166 g/mol. The minimum absolute atomic E-state index is 0. The van der Waals surface area contributed by atoms with Crippen LogP contribution in [0.3, 0.4) is 0 Å². The Hall–Kier alpha value is 2.36. The topological polar surface area (TPSA) is 17.1 Å². The molecule has 0 radical (unpaired) electrons. The Morgan fingerprint density at radius 3 is 1.83 bits per heavy atom. The van der Waals surface area contributed by atoms with Crippen molar-refractivity contribution in [3.8, 4) is 0 Å². The zero-order chi connectivity index (χ0) is 4.28. The van der Waals surface area contributed by atoms with Crippen LogP contribution in [0.15, 0.2) is 0 Å². The summed E-state index contributed by atoms with van der Waals surface area (Å²) in [4.78, 5) is 9.56. The van der Waals surface area contributed by atoms with Crippen LogP contribution < -0.4 is 0 Å². The van der Waals surface area contributed by atoms with E-state index in [2.05, 4.69) is 24.3 Å². The summed E-state index contributed by atoms with van der Waals surface area (Å²) in [5, 5.41) is 0. The third kappa shape index (κ3) is 9.61. The maximum atomic E-state index is 9.56. The predicted octanol–water partition coefficient (Wildman–Crippen LogP) is 0.966. The Morgan fingerprint density at radius 1 is 1.67 bits per heavy atom. The quantitative estimate of drug-likeness (QED) is 0.317. The van der Waals surface area contributed by atoms with Crippen molar-refractivity contribution in [2.24, 2.45) is 0 Å². The van der Waals surface area contributed by atoms with Crippen LogP contribution in [0.2, 0.25) is 0 Å². The summed E-state index contributed by atoms with van der Waals surface area (Å²) in [6.07, 6.45) is 0. The molecule has 0 rings (SSSR count). The summed E-state index contributed by atoms with van der Waals surface area (Å²) < 4.78 is -0.270. The van der Waals surface area contributed by atoms with Gasteiger partial charge in [-0.25, -0.2) is 0 Å². The van der Waals surface area contributed by atoms with Gasteiger partial charge in [-0.3, -0.25) is 4.79 Å². The third-order valence-corrected chi connectivity index (χ3v) is 1.44. The number of hydrogen-bond donors (Lipinski definition) is 2. The van der Waals surface area contributed by atoms with E-state index in [-0.39, 0.29) is 55.8 Å². The first-order chi connectivity index (χ1) is 2.27. The van der Waals surface area contributed by atoms with Crippen molar-refractivity contribution in [3.63, 3.8) is 0 Å². The van der Waals surface area contributed by atoms with Crippen LogP contribution >= 0.6 is 35.1 Å². The van der Waals surface area contributed by atoms with Gasteiger partial charge < -0.3 is 0 Å². The first-order valence-electron chi connectivity index (χ1n) is 0.814. The Balaban J connectivity index is 0. The molecule has 6 heavy (non-hydrogen) atoms. The van der Waals surface area contributed by atoms with Crippen molar-refractivity contribution in [1.82, 2.24) is 0 Å². The molecule has 0 unspecified atom stereocenters. The van der Waals surface area contributed by atoms with Crippen LogP contribution in [0.25, 0.3) is 0 Å². The number of carbonyl (C=O) groups excluding carboxylic acids is 1. The van der Waals surface area contributed by atoms with Gasteiger partial charge in [0.15, 0.2) is 0 Å². The Kier molecular flexibility index (Phi) is 13.7. The first kappa shape index (κ1) is 11.2. The number of carbonyl (C=O) groups is 1. The SMILES string of the molecule is O=C(S)SS.[KH]. The molecule has 0 aliphatic rings. The van der Waals surface area contributed by atoms with Gasteiger partial charge in [0.2, 0.25) is 0 Å². The van der Waals surface area contributed by atoms with Crippen LogP contribution in [0.5, 0.6) is 0 Å². The molecule has 0 aromatic heterocycles. The van der Waals surface area contributed by atoms with Gasteiger partial charge in [-0.15, -0.1) is 11.7 Å². The van der Waals surface area contributed by atoms with E-state index >= 15 is 0 Å². The zero-order valence-corrected chi connectivity index (χ0v) is 4.82. The van der Waals surface area contributed by atoms with Crippen molar-refractivity contribution in [2.45, 2.75) is 0 Å². The average molecular weight is 166 g/mol. The van der Waals surface area contributed by atoms with Gasteiger partial charge in [0.05, 0.1) is 0 Å². The van der Waals surface area contributed by atoms with E-state index in [1.807, 2.05) is 0 Å². The molecule has 0 aromatic rings. The molecule has 0 N–H and O–H groups in total. The second kappa shape index (κ2) is 7.36. The Bertz CT molecular complexity index is 46.1. The Morgan fingerprint density at radius 2 is 1.83 bits per heavy atom. The molecule has 0 aliphatic heterocycles. The molecular weight excluding hydrogens is 163 g/mol. The molecule has 0 fully saturated rings. The van der Waals surface area contributed by atoms with Crippen molar-refractivity contribution in [2.75, 3.05) is 0 Å². The summed E-state index contributed by atoms with van der Waals surface area (Å²) in [7, 11) is 0.799. The van der Waals surface area contributed by atoms with Crippen LogP contribution in [-0.4, -0.2) is 55.8 Å². The average Bonchev–Trinajstić information content (AvgIpc) is 1.38. The molecule has 0 saturated carbocycles. The van der Waals surface area contributed by atoms with E-state index in [4.69, 9.17) is 0 Å². The summed E-state index contributed by atoms with van der Waals surface area (Å²) in [6, 6.07) is 0. The molecular formula is CH3KOS3. The molecule has 0 amide bonds. The van der Waals surface area contributed by atoms with Crippen molar-refractivity contribution in [3.05, 3.63) is 0 Å². The van der Waals surface area contributed by atoms with Gasteiger partial charge in [-0.1, -0.05) is 12.6 Å². The van der Waals surface area contributed by atoms with Crippen LogP contribution in [-0.2, 0) is 0 Å². The molecule has 0 aliphatic carbocycles. The van der Waals surface area contributed by atoms with E-state index in [9.17, 15) is 4.79 Å². The standard InChI is InChI=1S/CH2OS3.K.H/c2-1(3)5-4;;/h4H,(H,2,3);;. The molecule has 0 saturated heterocycles. The van der Waals surface area contributed by atoms with E-state index in [0.717, 1.165) is 10.8 Å². The van der Waals surface area contributed by atoms with E-state index < -0.39 is 0 Å². The summed E-state index contributed by atoms with van der Waals surface area (Å²) >= 11 is 6.85. The van der Waals surface area contributed by atoms with Gasteiger partial charge in [-0.2, -0.15) is 0 Å². The van der Waals surface area contributed by atoms with Crippen LogP contribution in [0.4, 0.5) is 4.79 Å². The molecule has 32 valence electrons. The molecule has 0 heterocycles. The second-order valence-corrected chi connectivity index (χ2v) is 2.17. The van der Waals surface area contributed by atoms with Gasteiger partial charge in [0, 0.05) is 0 Å². The van der Waals surface area contributed by atoms with Gasteiger partial charge >= 0.3 is 51.4 Å². The molecule has 1 nitrogen and oxygen atoms in total. The number of thiol groups is 2. The van der Waals surface area contributed by atoms with E-state index in [1.165, 1.54) is 0 Å². The normalized spacial score (nSPS) is 6.33. The summed E-state index contributed by atoms with van der Waals surface area (Å²) in [5.41, 5.74) is 0. The second-order valence-electron chi connectivity index (χ2n) is 0.357. The van der Waals surface area contributed by atoms with Crippen molar-refractivity contribution >= 4 is 90.9 Å². The zero-order valence-electron chi connectivity index (χ0n) is 2.21. The molecule has 0 atom stereocenters. The fourth-order valence-corrected chi connectivity index (χ4v) is 0. The minimum atomic E-state index is -0.270. The molecule has 0 bridgehead atoms. The van der Waals surface area contributed by atoms with Crippen molar-refractivity contribution in [1.29, 1.82) is 0 Å². The summed E-state index contributed by atoms with van der Waals surface area (Å²) in [5.74, 6) is 0. The van der Waals surface area contributed by atoms with Gasteiger partial charge in [0.25, 0.3) is 4.45 Å². The summed E-state index contributed by atoms with van der Waals surface area (Å²) in [6.45, 7) is 0. The van der Waals surface area contributed by atoms with Gasteiger partial charge in [0.1, 0.15) is 0 Å². The van der Waals surface area contributed by atoms with E-state index in [0.29, 0.717) is 0 Å². The number of hydrogen-bond acceptors (Lipinski definition) is 3. The molecule has 5 heteroatoms. The molecule has 0 aromatic carbocycles. The first-order valence-corrected chi connectivity index (χ1v) is 3.13. The fourth-order valence-electron chi connectivity index (χ4n) is 0.